The number of nitrogens with zero attached hydrogens (tertiary/aromatic N) is 1. The largest absolute Gasteiger partial charge is 1.00 e. The quantitative estimate of drug-likeness (QED) is 0.354. The Labute approximate surface area is 92.1 Å². The third kappa shape index (κ3) is 4.57. The molecule has 0 aromatic heterocycles. The van der Waals surface area contributed by atoms with Gasteiger partial charge in [-0.2, -0.15) is 0 Å². The fraction of sp³-hybridized carbons (Fsp3) is 0.750. The van der Waals surface area contributed by atoms with Gasteiger partial charge < -0.3 is 19.7 Å². The van der Waals surface area contributed by atoms with Crippen LogP contribution in [0.5, 0.6) is 0 Å². The molecule has 0 heterocycles. The molecule has 0 fully saturated rings. The molecule has 0 aliphatic carbocycles. The van der Waals surface area contributed by atoms with Gasteiger partial charge in [-0.1, -0.05) is 0 Å². The van der Waals surface area contributed by atoms with Crippen molar-refractivity contribution in [1.29, 1.82) is 0 Å². The minimum absolute atomic E-state index is 0. The first-order valence-electron chi connectivity index (χ1n) is 2.76. The Bertz CT molecular complexity index is 204. The number of aliphatic carboxylic acids is 1. The van der Waals surface area contributed by atoms with Crippen molar-refractivity contribution < 1.29 is 53.8 Å². The molecule has 0 aromatic rings. The van der Waals surface area contributed by atoms with Crippen LogP contribution in [0.4, 0.5) is 0 Å². The summed E-state index contributed by atoms with van der Waals surface area (Å²) in [7, 11) is -3.44. The van der Waals surface area contributed by atoms with E-state index < -0.39 is 19.8 Å². The Morgan fingerprint density at radius 1 is 1.58 bits per heavy atom. The van der Waals surface area contributed by atoms with Crippen LogP contribution < -0.4 is 34.7 Å². The second-order valence-corrected chi connectivity index (χ2v) is 3.74. The van der Waals surface area contributed by atoms with E-state index in [-0.39, 0.29) is 29.6 Å². The third-order valence-corrected chi connectivity index (χ3v) is 2.48. The Hall–Kier alpha value is 0.580. The van der Waals surface area contributed by atoms with Crippen LogP contribution in [0.2, 0.25) is 0 Å². The maximum absolute atomic E-state index is 10.4. The Kier molecular flexibility index (Phi) is 6.71. The first-order valence-corrected chi connectivity index (χ1v) is 4.33. The van der Waals surface area contributed by atoms with Gasteiger partial charge in [-0.3, -0.25) is 0 Å². The van der Waals surface area contributed by atoms with Gasteiger partial charge in [-0.15, -0.1) is 0 Å². The Balaban J connectivity index is 0. The van der Waals surface area contributed by atoms with E-state index in [1.54, 1.807) is 0 Å². The van der Waals surface area contributed by atoms with Crippen LogP contribution in [0.3, 0.4) is 0 Å². The maximum atomic E-state index is 10.4. The number of carbonyl (C=O) groups excluding carboxylic acids is 1. The molecule has 0 aliphatic rings. The molecule has 6 nitrogen and oxygen atoms in total. The maximum Gasteiger partial charge on any atom is 1.00 e. The molecule has 1 atom stereocenters. The van der Waals surface area contributed by atoms with Crippen LogP contribution in [-0.4, -0.2) is 33.5 Å². The second kappa shape index (κ2) is 5.34. The number of rotatable bonds is 3. The van der Waals surface area contributed by atoms with E-state index in [0.717, 1.165) is 14.0 Å². The fourth-order valence-electron chi connectivity index (χ4n) is 0.378. The number of hydrogen-bond donors (Lipinski definition) is 2. The first-order chi connectivity index (χ1) is 4.76. The van der Waals surface area contributed by atoms with Crippen LogP contribution in [-0.2, 0) is 9.36 Å². The van der Waals surface area contributed by atoms with Crippen LogP contribution in [0.15, 0.2) is 0 Å². The van der Waals surface area contributed by atoms with Gasteiger partial charge in [0.1, 0.15) is 0 Å². The minimum atomic E-state index is -4.45. The van der Waals surface area contributed by atoms with Gasteiger partial charge in [0.2, 0.25) is 0 Å². The van der Waals surface area contributed by atoms with Crippen molar-refractivity contribution >= 4 is 13.7 Å². The van der Waals surface area contributed by atoms with E-state index in [0.29, 0.717) is 4.67 Å². The molecule has 0 aliphatic heterocycles. The van der Waals surface area contributed by atoms with Crippen molar-refractivity contribution in [3.63, 3.8) is 0 Å². The third-order valence-electron chi connectivity index (χ3n) is 1.31. The molecule has 0 amide bonds. The Morgan fingerprint density at radius 2 is 1.92 bits per heavy atom. The molecular weight excluding hydrogens is 196 g/mol. The fourth-order valence-corrected chi connectivity index (χ4v) is 0.924. The molecule has 0 spiro atoms. The summed E-state index contributed by atoms with van der Waals surface area (Å²) in [6.45, 7) is 1.13. The summed E-state index contributed by atoms with van der Waals surface area (Å²) in [4.78, 5) is 27.0. The van der Waals surface area contributed by atoms with Crippen LogP contribution in [0.25, 0.3) is 0 Å². The van der Waals surface area contributed by atoms with Crippen molar-refractivity contribution in [3.8, 4) is 0 Å². The molecule has 8 heteroatoms. The monoisotopic (exact) mass is 205 g/mol. The van der Waals surface area contributed by atoms with Gasteiger partial charge in [0.25, 0.3) is 0 Å². The molecule has 0 rings (SSSR count). The van der Waals surface area contributed by atoms with Crippen molar-refractivity contribution in [2.75, 3.05) is 7.05 Å². The molecule has 12 heavy (non-hydrogen) atoms. The van der Waals surface area contributed by atoms with Gasteiger partial charge in [-0.05, 0) is 14.0 Å². The zero-order valence-corrected chi connectivity index (χ0v) is 9.99. The van der Waals surface area contributed by atoms with Gasteiger partial charge in [-0.25, -0.2) is 9.24 Å². The smallest absolute Gasteiger partial charge is 0.548 e. The van der Waals surface area contributed by atoms with Crippen molar-refractivity contribution in [2.24, 2.45) is 0 Å². The zero-order valence-electron chi connectivity index (χ0n) is 7.09. The predicted octanol–water partition coefficient (Wildman–Crippen LogP) is -4.85. The molecule has 2 N–H and O–H groups in total. The molecule has 0 saturated heterocycles. The van der Waals surface area contributed by atoms with Gasteiger partial charge in [0, 0.05) is 0 Å². The summed E-state index contributed by atoms with van der Waals surface area (Å²) in [5, 5.41) is 10.1. The summed E-state index contributed by atoms with van der Waals surface area (Å²) in [5.74, 6) is -1.52. The normalized spacial score (nSPS) is 13.8. The summed E-state index contributed by atoms with van der Waals surface area (Å²) in [6, 6.07) is -1.30. The molecule has 0 bridgehead atoms. The SMILES string of the molecule is C[C@@H](C(=O)[O-])N(C)P(=O)(O)O.[Na+]. The molecule has 0 saturated carbocycles. The predicted molar refractivity (Wildman–Crippen MR) is 34.3 cm³/mol. The Morgan fingerprint density at radius 3 is 2.00 bits per heavy atom. The van der Waals surface area contributed by atoms with E-state index in [2.05, 4.69) is 0 Å². The number of carboxylic acids is 1. The summed E-state index contributed by atoms with van der Waals surface area (Å²) in [6.07, 6.45) is 0. The van der Waals surface area contributed by atoms with Crippen molar-refractivity contribution in [2.45, 2.75) is 13.0 Å². The van der Waals surface area contributed by atoms with Gasteiger partial charge in [0.15, 0.2) is 0 Å². The standard InChI is InChI=1S/C4H10NO5P.Na/c1-3(4(6)7)5(2)11(8,9)10;/h3H,1-2H3,(H,6,7)(H2,8,9,10);/q;+1/p-1/t3-;/m0./s1. The number of carboxylic acid groups (broad SMARTS) is 1. The van der Waals surface area contributed by atoms with E-state index in [4.69, 9.17) is 9.79 Å². The molecular formula is C4H9NNaO5P. The molecule has 0 radical (unpaired) electrons. The summed E-state index contributed by atoms with van der Waals surface area (Å²) >= 11 is 0. The van der Waals surface area contributed by atoms with E-state index in [1.165, 1.54) is 0 Å². The van der Waals surface area contributed by atoms with Gasteiger partial charge >= 0.3 is 37.3 Å². The average molecular weight is 205 g/mol. The van der Waals surface area contributed by atoms with Gasteiger partial charge in [0.05, 0.1) is 12.0 Å². The molecule has 0 unspecified atom stereocenters. The number of hydrogen-bond acceptors (Lipinski definition) is 3. The summed E-state index contributed by atoms with van der Waals surface area (Å²) in [5.41, 5.74) is 0. The average Bonchev–Trinajstić information content (AvgIpc) is 1.82. The summed E-state index contributed by atoms with van der Waals surface area (Å²) < 4.78 is 10.8. The van der Waals surface area contributed by atoms with E-state index >= 15 is 0 Å². The molecule has 66 valence electrons. The number of likely N-dealkylation sites (N-methyl/N-ethyl adjacent to an activating group) is 1. The van der Waals surface area contributed by atoms with Crippen LogP contribution >= 0.6 is 7.75 Å². The number of carbonyl (C=O) groups is 1. The van der Waals surface area contributed by atoms with Crippen molar-refractivity contribution in [1.82, 2.24) is 4.67 Å². The van der Waals surface area contributed by atoms with Crippen LogP contribution in [0.1, 0.15) is 6.92 Å². The topological polar surface area (TPSA) is 101 Å². The molecule has 0 aromatic carbocycles. The van der Waals surface area contributed by atoms with E-state index in [1.807, 2.05) is 0 Å². The zero-order chi connectivity index (χ0) is 9.23. The van der Waals surface area contributed by atoms with Crippen molar-refractivity contribution in [3.05, 3.63) is 0 Å². The van der Waals surface area contributed by atoms with E-state index in [9.17, 15) is 14.5 Å². The van der Waals surface area contributed by atoms with Crippen LogP contribution in [0, 0.1) is 0 Å². The minimum Gasteiger partial charge on any atom is -0.548 e. The first kappa shape index (κ1) is 15.1. The second-order valence-electron chi connectivity index (χ2n) is 2.08.